The van der Waals surface area contributed by atoms with Crippen molar-refractivity contribution in [3.63, 3.8) is 0 Å². The first-order chi connectivity index (χ1) is 20.0. The van der Waals surface area contributed by atoms with Gasteiger partial charge in [0, 0.05) is 35.5 Å². The number of phenolic OH excluding ortho intramolecular Hbond substituents is 1. The predicted octanol–water partition coefficient (Wildman–Crippen LogP) is 4.11. The van der Waals surface area contributed by atoms with Gasteiger partial charge in [0.2, 0.25) is 6.79 Å². The number of thioether (sulfide) groups is 1. The Morgan fingerprint density at radius 2 is 1.90 bits per heavy atom. The summed E-state index contributed by atoms with van der Waals surface area (Å²) in [6.07, 6.45) is 0.119. The fraction of sp³-hybridized carbons (Fsp3) is 0.533. The summed E-state index contributed by atoms with van der Waals surface area (Å²) in [5.41, 5.74) is 2.02. The number of hydrogen-bond acceptors (Lipinski definition) is 11. The van der Waals surface area contributed by atoms with Crippen molar-refractivity contribution < 1.29 is 43.1 Å². The molecule has 1 spiro atoms. The van der Waals surface area contributed by atoms with Crippen LogP contribution in [0.15, 0.2) is 12.1 Å². The van der Waals surface area contributed by atoms with Crippen LogP contribution in [0.1, 0.15) is 59.9 Å². The molecule has 3 atom stereocenters. The van der Waals surface area contributed by atoms with Crippen molar-refractivity contribution in [2.24, 2.45) is 0 Å². The van der Waals surface area contributed by atoms with Crippen molar-refractivity contribution in [3.05, 3.63) is 39.9 Å². The normalized spacial score (nSPS) is 24.5. The lowest BCUT2D eigenvalue weighted by atomic mass is 9.83. The van der Waals surface area contributed by atoms with Crippen LogP contribution in [0, 0.1) is 6.92 Å². The Labute approximate surface area is 248 Å². The number of nitrogens with one attached hydrogen (secondary N) is 1. The summed E-state index contributed by atoms with van der Waals surface area (Å²) in [7, 11) is 3.09. The van der Waals surface area contributed by atoms with E-state index in [-0.39, 0.29) is 35.9 Å². The molecule has 5 aliphatic heterocycles. The number of nitrogens with zero attached hydrogens (tertiary/aromatic N) is 1. The molecule has 226 valence electrons. The number of carbonyl (C=O) groups excluding carboxylic acids is 2. The molecule has 5 heterocycles. The molecule has 0 radical (unpaired) electrons. The van der Waals surface area contributed by atoms with Crippen molar-refractivity contribution in [1.29, 1.82) is 0 Å². The highest BCUT2D eigenvalue weighted by molar-refractivity contribution is 7.99. The molecule has 0 aliphatic carbocycles. The van der Waals surface area contributed by atoms with Crippen molar-refractivity contribution in [2.75, 3.05) is 46.5 Å². The Hall–Kier alpha value is -3.51. The van der Waals surface area contributed by atoms with Gasteiger partial charge in [-0.3, -0.25) is 10.2 Å². The quantitative estimate of drug-likeness (QED) is 0.484. The number of hydrogen-bond donors (Lipinski definition) is 2. The van der Waals surface area contributed by atoms with Gasteiger partial charge in [-0.2, -0.15) is 0 Å². The average molecular weight is 601 g/mol. The number of aromatic hydroxyl groups is 1. The lowest BCUT2D eigenvalue weighted by Gasteiger charge is -2.45. The number of phenols is 1. The molecular weight excluding hydrogens is 564 g/mol. The summed E-state index contributed by atoms with van der Waals surface area (Å²) in [6.45, 7) is 8.08. The van der Waals surface area contributed by atoms with Gasteiger partial charge in [-0.1, -0.05) is 0 Å². The smallest absolute Gasteiger partial charge is 0.410 e. The van der Waals surface area contributed by atoms with Gasteiger partial charge in [-0.15, -0.1) is 11.8 Å². The third-order valence-corrected chi connectivity index (χ3v) is 9.59. The van der Waals surface area contributed by atoms with Crippen molar-refractivity contribution in [2.45, 2.75) is 56.5 Å². The number of amides is 1. The number of methoxy groups -OCH3 is 2. The molecule has 7 rings (SSSR count). The molecule has 5 aliphatic rings. The molecule has 0 saturated carbocycles. The van der Waals surface area contributed by atoms with Gasteiger partial charge in [0.25, 0.3) is 0 Å². The molecular formula is C30H36N2O9S. The Kier molecular flexibility index (Phi) is 7.04. The van der Waals surface area contributed by atoms with E-state index >= 15 is 0 Å². The SMILES string of the molecule is COc1cc2c(cc1O)CCN[C@]21CS[C@H]2CN(C(=O)OC(C)(C)C)[C@@H](COC1=O)c1c3c(c(C)c(OC)c12)OCO3. The first-order valence-corrected chi connectivity index (χ1v) is 15.0. The van der Waals surface area contributed by atoms with E-state index in [1.165, 1.54) is 18.9 Å². The van der Waals surface area contributed by atoms with Crippen LogP contribution in [-0.2, 0) is 26.2 Å². The lowest BCUT2D eigenvalue weighted by molar-refractivity contribution is -0.153. The van der Waals surface area contributed by atoms with Gasteiger partial charge in [0.05, 0.1) is 25.5 Å². The van der Waals surface area contributed by atoms with E-state index in [1.807, 2.05) is 27.7 Å². The molecule has 11 nitrogen and oxygen atoms in total. The maximum Gasteiger partial charge on any atom is 0.410 e. The zero-order valence-electron chi connectivity index (χ0n) is 24.6. The van der Waals surface area contributed by atoms with E-state index < -0.39 is 29.2 Å². The van der Waals surface area contributed by atoms with E-state index in [1.54, 1.807) is 24.1 Å². The number of rotatable bonds is 2. The van der Waals surface area contributed by atoms with Gasteiger partial charge in [0.15, 0.2) is 28.5 Å². The zero-order chi connectivity index (χ0) is 30.0. The van der Waals surface area contributed by atoms with Crippen LogP contribution in [0.5, 0.6) is 28.7 Å². The summed E-state index contributed by atoms with van der Waals surface area (Å²) in [5, 5.41) is 13.6. The first-order valence-electron chi connectivity index (χ1n) is 13.9. The highest BCUT2D eigenvalue weighted by Gasteiger charge is 2.51. The van der Waals surface area contributed by atoms with Crippen LogP contribution in [0.3, 0.4) is 0 Å². The minimum absolute atomic E-state index is 0.0199. The Morgan fingerprint density at radius 1 is 1.14 bits per heavy atom. The minimum atomic E-state index is -1.20. The molecule has 0 aromatic heterocycles. The minimum Gasteiger partial charge on any atom is -0.504 e. The first kappa shape index (κ1) is 28.6. The molecule has 2 N–H and O–H groups in total. The third-order valence-electron chi connectivity index (χ3n) is 8.21. The number of carbonyl (C=O) groups is 2. The Balaban J connectivity index is 1.51. The van der Waals surface area contributed by atoms with Crippen LogP contribution in [-0.4, -0.2) is 74.1 Å². The van der Waals surface area contributed by atoms with Gasteiger partial charge < -0.3 is 33.5 Å². The predicted molar refractivity (Wildman–Crippen MR) is 154 cm³/mol. The van der Waals surface area contributed by atoms with Crippen LogP contribution in [0.25, 0.3) is 0 Å². The molecule has 1 fully saturated rings. The Morgan fingerprint density at radius 3 is 2.62 bits per heavy atom. The topological polar surface area (TPSA) is 125 Å². The summed E-state index contributed by atoms with van der Waals surface area (Å²) < 4.78 is 35.2. The largest absolute Gasteiger partial charge is 0.504 e. The molecule has 1 amide bonds. The van der Waals surface area contributed by atoms with Crippen molar-refractivity contribution >= 4 is 23.8 Å². The monoisotopic (exact) mass is 600 g/mol. The number of esters is 1. The molecule has 2 aromatic rings. The van der Waals surface area contributed by atoms with Crippen LogP contribution >= 0.6 is 11.8 Å². The molecule has 1 saturated heterocycles. The molecule has 42 heavy (non-hydrogen) atoms. The van der Waals surface area contributed by atoms with Gasteiger partial charge in [-0.05, 0) is 57.4 Å². The standard InChI is InChI=1S/C30H36N2O9S/c1-15-24(37-6)23-21-11-32(28(35)41-29(2,3)4)18(22(23)26-25(15)39-14-40-26)12-38-27(34)30(13-42-21)17-10-20(36-5)19(33)9-16(17)7-8-31-30/h9-10,18,21,31,33H,7-8,11-14H2,1-6H3/t18-,21-,30+/m0/s1. The second-order valence-corrected chi connectivity index (χ2v) is 13.1. The van der Waals surface area contributed by atoms with Crippen LogP contribution in [0.2, 0.25) is 0 Å². The van der Waals surface area contributed by atoms with Crippen molar-refractivity contribution in [1.82, 2.24) is 10.2 Å². The van der Waals surface area contributed by atoms with E-state index in [0.29, 0.717) is 47.9 Å². The zero-order valence-corrected chi connectivity index (χ0v) is 25.4. The summed E-state index contributed by atoms with van der Waals surface area (Å²) in [4.78, 5) is 29.4. The number of fused-ring (bicyclic) bond motifs is 6. The highest BCUT2D eigenvalue weighted by atomic mass is 32.2. The molecule has 2 bridgehead atoms. The molecule has 0 unspecified atom stereocenters. The molecule has 2 aromatic carbocycles. The highest BCUT2D eigenvalue weighted by Crippen LogP contribution is 2.57. The molecule has 12 heteroatoms. The number of benzene rings is 2. The van der Waals surface area contributed by atoms with E-state index in [9.17, 15) is 14.7 Å². The van der Waals surface area contributed by atoms with Crippen LogP contribution in [0.4, 0.5) is 4.79 Å². The summed E-state index contributed by atoms with van der Waals surface area (Å²) in [6, 6.07) is 2.66. The van der Waals surface area contributed by atoms with Gasteiger partial charge in [0.1, 0.15) is 18.0 Å². The maximum absolute atomic E-state index is 14.1. The number of ether oxygens (including phenoxy) is 6. The second kappa shape index (κ2) is 10.3. The fourth-order valence-electron chi connectivity index (χ4n) is 6.36. The van der Waals surface area contributed by atoms with E-state index in [2.05, 4.69) is 5.32 Å². The van der Waals surface area contributed by atoms with Gasteiger partial charge >= 0.3 is 12.1 Å². The van der Waals surface area contributed by atoms with Gasteiger partial charge in [-0.25, -0.2) is 9.59 Å². The fourth-order valence-corrected chi connectivity index (χ4v) is 7.86. The summed E-state index contributed by atoms with van der Waals surface area (Å²) in [5.74, 6) is 1.84. The second-order valence-electron chi connectivity index (χ2n) is 11.9. The average Bonchev–Trinajstić information content (AvgIpc) is 3.44. The maximum atomic E-state index is 14.1. The van der Waals surface area contributed by atoms with E-state index in [0.717, 1.165) is 16.7 Å². The Bertz CT molecular complexity index is 1460. The van der Waals surface area contributed by atoms with Crippen molar-refractivity contribution in [3.8, 4) is 28.7 Å². The van der Waals surface area contributed by atoms with E-state index in [4.69, 9.17) is 28.4 Å². The van der Waals surface area contributed by atoms with Crippen LogP contribution < -0.4 is 24.3 Å². The lowest BCUT2D eigenvalue weighted by Crippen LogP contribution is -2.57. The summed E-state index contributed by atoms with van der Waals surface area (Å²) >= 11 is 1.52. The third kappa shape index (κ3) is 4.46.